The zero-order valence-electron chi connectivity index (χ0n) is 9.22. The lowest BCUT2D eigenvalue weighted by atomic mass is 10.0. The molecule has 1 rings (SSSR count). The van der Waals surface area contributed by atoms with Gasteiger partial charge in [-0.25, -0.2) is 4.79 Å². The van der Waals surface area contributed by atoms with Crippen molar-refractivity contribution in [3.63, 3.8) is 0 Å². The van der Waals surface area contributed by atoms with Crippen molar-refractivity contribution >= 4 is 5.97 Å². The van der Waals surface area contributed by atoms with Crippen LogP contribution in [0.2, 0.25) is 0 Å². The van der Waals surface area contributed by atoms with Gasteiger partial charge in [0.25, 0.3) is 0 Å². The molecule has 100 valence electrons. The van der Waals surface area contributed by atoms with Gasteiger partial charge in [0, 0.05) is 6.42 Å². The fourth-order valence-electron chi connectivity index (χ4n) is 1.34. The molecule has 0 aromatic heterocycles. The van der Waals surface area contributed by atoms with E-state index in [1.54, 1.807) is 0 Å². The molecule has 0 amide bonds. The summed E-state index contributed by atoms with van der Waals surface area (Å²) >= 11 is 0. The Bertz CT molecular complexity index is 439. The van der Waals surface area contributed by atoms with Crippen LogP contribution in [0, 0.1) is 0 Å². The Balaban J connectivity index is 2.96. The second kappa shape index (κ2) is 4.91. The van der Waals surface area contributed by atoms with Crippen molar-refractivity contribution in [3.8, 4) is 0 Å². The van der Waals surface area contributed by atoms with Crippen LogP contribution in [0.15, 0.2) is 24.3 Å². The topological polar surface area (TPSA) is 26.3 Å². The Labute approximate surface area is 99.4 Å². The van der Waals surface area contributed by atoms with E-state index in [0.717, 1.165) is 25.3 Å². The summed E-state index contributed by atoms with van der Waals surface area (Å²) in [7, 11) is 0.780. The Hall–Kier alpha value is -1.66. The molecule has 0 bridgehead atoms. The Morgan fingerprint density at radius 2 is 1.83 bits per heavy atom. The highest BCUT2D eigenvalue weighted by molar-refractivity contribution is 5.77. The summed E-state index contributed by atoms with van der Waals surface area (Å²) < 4.78 is 67.3. The van der Waals surface area contributed by atoms with Crippen LogP contribution in [0.25, 0.3) is 0 Å². The first kappa shape index (κ1) is 14.4. The number of carbonyl (C=O) groups is 1. The maximum Gasteiger partial charge on any atom is 0.416 e. The minimum atomic E-state index is -4.61. The minimum Gasteiger partial charge on any atom is -0.465 e. The SMILES string of the molecule is COC(=O)C(F)(F)Cc1cccc(C(F)(F)F)c1. The van der Waals surface area contributed by atoms with Gasteiger partial charge in [-0.1, -0.05) is 18.2 Å². The first-order valence-electron chi connectivity index (χ1n) is 4.79. The predicted octanol–water partition coefficient (Wildman–Crippen LogP) is 3.06. The van der Waals surface area contributed by atoms with E-state index in [9.17, 15) is 26.7 Å². The number of halogens is 5. The molecular formula is C11H9F5O2. The smallest absolute Gasteiger partial charge is 0.416 e. The van der Waals surface area contributed by atoms with Gasteiger partial charge in [0.2, 0.25) is 0 Å². The molecule has 0 heterocycles. The molecule has 0 saturated carbocycles. The molecule has 1 aromatic rings. The van der Waals surface area contributed by atoms with E-state index in [2.05, 4.69) is 4.74 Å². The third kappa shape index (κ3) is 3.41. The van der Waals surface area contributed by atoms with Gasteiger partial charge in [-0.2, -0.15) is 22.0 Å². The Morgan fingerprint density at radius 1 is 1.22 bits per heavy atom. The lowest BCUT2D eigenvalue weighted by Crippen LogP contribution is -2.32. The summed E-state index contributed by atoms with van der Waals surface area (Å²) in [5.74, 6) is -5.63. The van der Waals surface area contributed by atoms with E-state index in [1.807, 2.05) is 0 Å². The van der Waals surface area contributed by atoms with Gasteiger partial charge >= 0.3 is 18.1 Å². The molecule has 0 aliphatic carbocycles. The van der Waals surface area contributed by atoms with Crippen LogP contribution in [-0.4, -0.2) is 19.0 Å². The average Bonchev–Trinajstić information content (AvgIpc) is 2.26. The van der Waals surface area contributed by atoms with Crippen LogP contribution >= 0.6 is 0 Å². The van der Waals surface area contributed by atoms with Crippen LogP contribution in [0.4, 0.5) is 22.0 Å². The molecule has 0 saturated heterocycles. The fourth-order valence-corrected chi connectivity index (χ4v) is 1.34. The van der Waals surface area contributed by atoms with Crippen molar-refractivity contribution < 1.29 is 31.5 Å². The summed E-state index contributed by atoms with van der Waals surface area (Å²) in [5.41, 5.74) is -1.33. The zero-order valence-corrected chi connectivity index (χ0v) is 9.22. The monoisotopic (exact) mass is 268 g/mol. The first-order chi connectivity index (χ1) is 8.16. The number of carbonyl (C=O) groups excluding carboxylic acids is 1. The summed E-state index contributed by atoms with van der Waals surface area (Å²) in [5, 5.41) is 0. The fraction of sp³-hybridized carbons (Fsp3) is 0.364. The number of hydrogen-bond acceptors (Lipinski definition) is 2. The van der Waals surface area contributed by atoms with Crippen LogP contribution in [-0.2, 0) is 22.1 Å². The number of benzene rings is 1. The highest BCUT2D eigenvalue weighted by atomic mass is 19.4. The quantitative estimate of drug-likeness (QED) is 0.622. The van der Waals surface area contributed by atoms with Crippen molar-refractivity contribution in [1.82, 2.24) is 0 Å². The second-order valence-corrected chi connectivity index (χ2v) is 3.57. The molecule has 1 aromatic carbocycles. The maximum absolute atomic E-state index is 13.2. The second-order valence-electron chi connectivity index (χ2n) is 3.57. The first-order valence-corrected chi connectivity index (χ1v) is 4.79. The highest BCUT2D eigenvalue weighted by Crippen LogP contribution is 2.31. The average molecular weight is 268 g/mol. The molecule has 0 spiro atoms. The third-order valence-corrected chi connectivity index (χ3v) is 2.16. The van der Waals surface area contributed by atoms with Crippen LogP contribution in [0.5, 0.6) is 0 Å². The van der Waals surface area contributed by atoms with E-state index < -0.39 is 30.1 Å². The molecule has 0 atom stereocenters. The maximum atomic E-state index is 13.2. The van der Waals surface area contributed by atoms with Crippen molar-refractivity contribution in [2.75, 3.05) is 7.11 Å². The molecule has 18 heavy (non-hydrogen) atoms. The van der Waals surface area contributed by atoms with Crippen LogP contribution in [0.1, 0.15) is 11.1 Å². The van der Waals surface area contributed by atoms with Gasteiger partial charge in [-0.15, -0.1) is 0 Å². The van der Waals surface area contributed by atoms with E-state index >= 15 is 0 Å². The number of esters is 1. The molecule has 2 nitrogen and oxygen atoms in total. The number of methoxy groups -OCH3 is 1. The number of rotatable bonds is 3. The van der Waals surface area contributed by atoms with Gasteiger partial charge in [-0.3, -0.25) is 0 Å². The minimum absolute atomic E-state index is 0.291. The summed E-state index contributed by atoms with van der Waals surface area (Å²) in [6, 6.07) is 3.44. The third-order valence-electron chi connectivity index (χ3n) is 2.16. The molecular weight excluding hydrogens is 259 g/mol. The normalized spacial score (nSPS) is 12.3. The molecule has 0 aliphatic rings. The lowest BCUT2D eigenvalue weighted by Gasteiger charge is -2.14. The molecule has 0 radical (unpaired) electrons. The highest BCUT2D eigenvalue weighted by Gasteiger charge is 2.40. The number of ether oxygens (including phenoxy) is 1. The lowest BCUT2D eigenvalue weighted by molar-refractivity contribution is -0.168. The largest absolute Gasteiger partial charge is 0.465 e. The van der Waals surface area contributed by atoms with Crippen molar-refractivity contribution in [2.24, 2.45) is 0 Å². The summed E-state index contributed by atoms with van der Waals surface area (Å²) in [6.45, 7) is 0. The molecule has 0 fully saturated rings. The van der Waals surface area contributed by atoms with E-state index in [0.29, 0.717) is 6.07 Å². The zero-order chi connectivity index (χ0) is 14.0. The summed E-state index contributed by atoms with van der Waals surface area (Å²) in [6.07, 6.45) is -5.75. The molecule has 0 N–H and O–H groups in total. The van der Waals surface area contributed by atoms with Crippen LogP contribution in [0.3, 0.4) is 0 Å². The Kier molecular flexibility index (Phi) is 3.93. The number of alkyl halides is 5. The summed E-state index contributed by atoms with van der Waals surface area (Å²) in [4.78, 5) is 10.7. The van der Waals surface area contributed by atoms with Gasteiger partial charge in [0.05, 0.1) is 12.7 Å². The van der Waals surface area contributed by atoms with E-state index in [-0.39, 0.29) is 5.56 Å². The van der Waals surface area contributed by atoms with Crippen molar-refractivity contribution in [3.05, 3.63) is 35.4 Å². The molecule has 0 aliphatic heterocycles. The van der Waals surface area contributed by atoms with Gasteiger partial charge < -0.3 is 4.74 Å². The van der Waals surface area contributed by atoms with E-state index in [4.69, 9.17) is 0 Å². The van der Waals surface area contributed by atoms with Gasteiger partial charge in [0.15, 0.2) is 0 Å². The molecule has 7 heteroatoms. The Morgan fingerprint density at radius 3 is 2.33 bits per heavy atom. The van der Waals surface area contributed by atoms with Gasteiger partial charge in [-0.05, 0) is 11.6 Å². The van der Waals surface area contributed by atoms with Gasteiger partial charge in [0.1, 0.15) is 0 Å². The van der Waals surface area contributed by atoms with Crippen molar-refractivity contribution in [2.45, 2.75) is 18.5 Å². The number of hydrogen-bond donors (Lipinski definition) is 0. The molecule has 0 unspecified atom stereocenters. The standard InChI is InChI=1S/C11H9F5O2/c1-18-9(17)10(12,13)6-7-3-2-4-8(5-7)11(14,15)16/h2-5H,6H2,1H3. The van der Waals surface area contributed by atoms with E-state index in [1.165, 1.54) is 0 Å². The van der Waals surface area contributed by atoms with Crippen LogP contribution < -0.4 is 0 Å². The van der Waals surface area contributed by atoms with Crippen molar-refractivity contribution in [1.29, 1.82) is 0 Å². The predicted molar refractivity (Wildman–Crippen MR) is 52.1 cm³/mol.